The minimum absolute atomic E-state index is 0.234. The summed E-state index contributed by atoms with van der Waals surface area (Å²) in [5, 5.41) is 4.07. The molecule has 1 aromatic rings. The van der Waals surface area contributed by atoms with Crippen LogP contribution in [0.4, 0.5) is 5.69 Å². The summed E-state index contributed by atoms with van der Waals surface area (Å²) < 4.78 is 16.2. The zero-order valence-corrected chi connectivity index (χ0v) is 15.8. The van der Waals surface area contributed by atoms with Gasteiger partial charge in [-0.15, -0.1) is 0 Å². The lowest BCUT2D eigenvalue weighted by Crippen LogP contribution is -2.33. The molecular weight excluding hydrogens is 378 g/mol. The van der Waals surface area contributed by atoms with Crippen LogP contribution in [0.2, 0.25) is 0 Å². The minimum atomic E-state index is -0.632. The van der Waals surface area contributed by atoms with Crippen LogP contribution in [-0.4, -0.2) is 36.5 Å². The number of benzene rings is 1. The Hall–Kier alpha value is -3.20. The van der Waals surface area contributed by atoms with Gasteiger partial charge in [0.1, 0.15) is 11.4 Å². The van der Waals surface area contributed by atoms with Gasteiger partial charge >= 0.3 is 0 Å². The Labute approximate surface area is 165 Å². The van der Waals surface area contributed by atoms with Crippen molar-refractivity contribution >= 4 is 35.7 Å². The normalized spacial score (nSPS) is 27.0. The Kier molecular flexibility index (Phi) is 3.90. The highest BCUT2D eigenvalue weighted by atomic mass is 32.2. The van der Waals surface area contributed by atoms with E-state index in [1.54, 1.807) is 12.6 Å². The number of aliphatic imine (C=N–C) groups is 3. The molecule has 8 nitrogen and oxygen atoms in total. The monoisotopic (exact) mass is 395 g/mol. The molecule has 1 fully saturated rings. The molecule has 3 heterocycles. The van der Waals surface area contributed by atoms with Gasteiger partial charge in [0.05, 0.1) is 23.7 Å². The molecule has 28 heavy (non-hydrogen) atoms. The summed E-state index contributed by atoms with van der Waals surface area (Å²) in [5.74, 6) is 1.77. The van der Waals surface area contributed by atoms with Gasteiger partial charge in [-0.3, -0.25) is 0 Å². The maximum atomic E-state index is 6.06. The van der Waals surface area contributed by atoms with Gasteiger partial charge in [-0.1, -0.05) is 11.8 Å². The topological polar surface area (TPSA) is 103 Å². The molecule has 1 spiro atoms. The van der Waals surface area contributed by atoms with E-state index in [1.807, 2.05) is 37.3 Å². The van der Waals surface area contributed by atoms with Crippen LogP contribution in [0, 0.1) is 0 Å². The van der Waals surface area contributed by atoms with Crippen molar-refractivity contribution in [3.63, 3.8) is 0 Å². The third-order valence-electron chi connectivity index (χ3n) is 4.51. The highest BCUT2D eigenvalue weighted by Gasteiger charge is 2.48. The summed E-state index contributed by atoms with van der Waals surface area (Å²) in [6.45, 7) is 2.62. The van der Waals surface area contributed by atoms with Crippen LogP contribution in [0.1, 0.15) is 6.92 Å². The van der Waals surface area contributed by atoms with Gasteiger partial charge < -0.3 is 25.3 Å². The Morgan fingerprint density at radius 3 is 3.14 bits per heavy atom. The number of thioether (sulfide) groups is 1. The van der Waals surface area contributed by atoms with E-state index in [-0.39, 0.29) is 6.79 Å². The van der Waals surface area contributed by atoms with E-state index in [4.69, 9.17) is 24.9 Å². The molecule has 9 heteroatoms. The standard InChI is InChI=1S/C19H17N5O3S/c1-2-25-17(20)18-24-16-7-13(5-11-8-21-9-22-19(11,16)28-18)23-12-3-4-14-15(6-12)27-10-26-14/h3-9,24H,2,10,20H2,1H3. The van der Waals surface area contributed by atoms with E-state index in [9.17, 15) is 0 Å². The van der Waals surface area contributed by atoms with E-state index in [2.05, 4.69) is 15.3 Å². The Balaban J connectivity index is 1.55. The van der Waals surface area contributed by atoms with Crippen LogP contribution in [0.15, 0.2) is 67.5 Å². The number of nitrogens with two attached hydrogens (primary N) is 1. The fraction of sp³-hybridized carbons (Fsp3) is 0.211. The molecule has 1 atom stereocenters. The molecule has 3 N–H and O–H groups in total. The lowest BCUT2D eigenvalue weighted by Gasteiger charge is -2.29. The largest absolute Gasteiger partial charge is 0.478 e. The molecule has 1 unspecified atom stereocenters. The van der Waals surface area contributed by atoms with Gasteiger partial charge in [0.2, 0.25) is 12.7 Å². The number of hydrogen-bond donors (Lipinski definition) is 2. The van der Waals surface area contributed by atoms with E-state index in [1.165, 1.54) is 11.8 Å². The quantitative estimate of drug-likeness (QED) is 0.763. The first kappa shape index (κ1) is 16.9. The van der Waals surface area contributed by atoms with Crippen LogP contribution in [0.3, 0.4) is 0 Å². The van der Waals surface area contributed by atoms with Crippen molar-refractivity contribution in [1.82, 2.24) is 5.32 Å². The summed E-state index contributed by atoms with van der Waals surface area (Å²) in [5.41, 5.74) is 9.39. The number of rotatable bonds is 3. The molecule has 0 amide bonds. The molecule has 0 aromatic heterocycles. The molecule has 5 rings (SSSR count). The molecule has 0 radical (unpaired) electrons. The summed E-state index contributed by atoms with van der Waals surface area (Å²) >= 11 is 1.50. The number of hydrogen-bond acceptors (Lipinski definition) is 9. The fourth-order valence-electron chi connectivity index (χ4n) is 3.26. The average Bonchev–Trinajstić information content (AvgIpc) is 3.30. The third-order valence-corrected chi connectivity index (χ3v) is 5.87. The van der Waals surface area contributed by atoms with Crippen molar-refractivity contribution in [2.75, 3.05) is 13.4 Å². The zero-order chi connectivity index (χ0) is 19.1. The van der Waals surface area contributed by atoms with Gasteiger partial charge in [0, 0.05) is 17.9 Å². The first-order valence-corrected chi connectivity index (χ1v) is 9.58. The van der Waals surface area contributed by atoms with Gasteiger partial charge in [-0.25, -0.2) is 15.0 Å². The summed E-state index contributed by atoms with van der Waals surface area (Å²) in [7, 11) is 0. The molecule has 4 aliphatic rings. The molecule has 0 bridgehead atoms. The van der Waals surface area contributed by atoms with Crippen LogP contribution in [0.25, 0.3) is 0 Å². The van der Waals surface area contributed by atoms with Gasteiger partial charge in [-0.2, -0.15) is 0 Å². The number of nitrogens with one attached hydrogen (secondary N) is 1. The summed E-state index contributed by atoms with van der Waals surface area (Å²) in [6, 6.07) is 5.60. The minimum Gasteiger partial charge on any atom is -0.478 e. The second-order valence-corrected chi connectivity index (χ2v) is 7.46. The van der Waals surface area contributed by atoms with Crippen LogP contribution < -0.4 is 20.5 Å². The summed E-state index contributed by atoms with van der Waals surface area (Å²) in [6.07, 6.45) is 7.29. The second-order valence-electron chi connectivity index (χ2n) is 6.25. The van der Waals surface area contributed by atoms with Crippen molar-refractivity contribution in [1.29, 1.82) is 0 Å². The number of nitrogens with zero attached hydrogens (tertiary/aromatic N) is 3. The first-order valence-electron chi connectivity index (χ1n) is 8.76. The lowest BCUT2D eigenvalue weighted by atomic mass is 9.95. The van der Waals surface area contributed by atoms with Crippen molar-refractivity contribution < 1.29 is 14.2 Å². The van der Waals surface area contributed by atoms with Crippen molar-refractivity contribution in [2.45, 2.75) is 11.8 Å². The molecule has 1 aliphatic carbocycles. The van der Waals surface area contributed by atoms with E-state index in [0.717, 1.165) is 33.4 Å². The van der Waals surface area contributed by atoms with Crippen molar-refractivity contribution in [3.8, 4) is 11.5 Å². The molecule has 142 valence electrons. The van der Waals surface area contributed by atoms with E-state index >= 15 is 0 Å². The Morgan fingerprint density at radius 2 is 2.25 bits per heavy atom. The first-order chi connectivity index (χ1) is 13.7. The fourth-order valence-corrected chi connectivity index (χ4v) is 4.42. The maximum absolute atomic E-state index is 6.06. The van der Waals surface area contributed by atoms with Gasteiger partial charge in [0.15, 0.2) is 16.4 Å². The third kappa shape index (κ3) is 2.66. The predicted octanol–water partition coefficient (Wildman–Crippen LogP) is 2.58. The molecule has 1 saturated heterocycles. The highest BCUT2D eigenvalue weighted by Crippen LogP contribution is 2.51. The van der Waals surface area contributed by atoms with Gasteiger partial charge in [-0.05, 0) is 31.2 Å². The maximum Gasteiger partial charge on any atom is 0.231 e. The lowest BCUT2D eigenvalue weighted by molar-refractivity contribution is 0.174. The molecule has 1 aromatic carbocycles. The highest BCUT2D eigenvalue weighted by molar-refractivity contribution is 8.05. The Bertz CT molecular complexity index is 1040. The smallest absolute Gasteiger partial charge is 0.231 e. The molecule has 3 aliphatic heterocycles. The average molecular weight is 395 g/mol. The van der Waals surface area contributed by atoms with Crippen LogP contribution in [-0.2, 0) is 4.74 Å². The summed E-state index contributed by atoms with van der Waals surface area (Å²) in [4.78, 5) is 12.9. The zero-order valence-electron chi connectivity index (χ0n) is 15.0. The van der Waals surface area contributed by atoms with Crippen LogP contribution >= 0.6 is 11.8 Å². The number of fused-ring (bicyclic) bond motifs is 1. The number of ether oxygens (including phenoxy) is 3. The Morgan fingerprint density at radius 1 is 1.36 bits per heavy atom. The SMILES string of the molecule is CCOC(N)=C1NC2=CC(=Nc3ccc4c(c3)OCO4)C=C3C=NC=NC32S1. The number of allylic oxidation sites excluding steroid dienone is 2. The van der Waals surface area contributed by atoms with Crippen molar-refractivity contribution in [2.24, 2.45) is 20.7 Å². The van der Waals surface area contributed by atoms with Crippen LogP contribution in [0.5, 0.6) is 11.5 Å². The van der Waals surface area contributed by atoms with E-state index < -0.39 is 4.87 Å². The van der Waals surface area contributed by atoms with E-state index in [0.29, 0.717) is 18.2 Å². The predicted molar refractivity (Wildman–Crippen MR) is 109 cm³/mol. The second kappa shape index (κ2) is 6.45. The molecular formula is C19H17N5O3S. The van der Waals surface area contributed by atoms with Gasteiger partial charge in [0.25, 0.3) is 0 Å². The molecule has 0 saturated carbocycles. The van der Waals surface area contributed by atoms with Crippen molar-refractivity contribution in [3.05, 3.63) is 52.5 Å².